The SMILES string of the molecule is CS(=O)(=O)c1ccc(Nc2ncnc(OC3CCN(C(=O)O)CC3)c2N)cc1. The highest BCUT2D eigenvalue weighted by molar-refractivity contribution is 7.90. The first kappa shape index (κ1) is 19.7. The summed E-state index contributed by atoms with van der Waals surface area (Å²) in [5.74, 6) is 0.555. The minimum absolute atomic E-state index is 0.185. The van der Waals surface area contributed by atoms with Gasteiger partial charge in [-0.3, -0.25) is 0 Å². The molecule has 0 aliphatic carbocycles. The predicted octanol–water partition coefficient (Wildman–Crippen LogP) is 1.73. The maximum atomic E-state index is 11.5. The van der Waals surface area contributed by atoms with Gasteiger partial charge in [-0.2, -0.15) is 4.98 Å². The number of benzene rings is 1. The third kappa shape index (κ3) is 4.60. The molecule has 0 bridgehead atoms. The Balaban J connectivity index is 1.69. The highest BCUT2D eigenvalue weighted by Crippen LogP contribution is 2.29. The average molecular weight is 407 g/mol. The normalized spacial score (nSPS) is 15.2. The quantitative estimate of drug-likeness (QED) is 0.673. The number of sulfone groups is 1. The Morgan fingerprint density at radius 2 is 1.89 bits per heavy atom. The van der Waals surface area contributed by atoms with Gasteiger partial charge in [-0.15, -0.1) is 0 Å². The molecule has 4 N–H and O–H groups in total. The van der Waals surface area contributed by atoms with E-state index in [9.17, 15) is 13.2 Å². The van der Waals surface area contributed by atoms with Crippen LogP contribution in [0.15, 0.2) is 35.5 Å². The smallest absolute Gasteiger partial charge is 0.407 e. The fourth-order valence-electron chi connectivity index (χ4n) is 2.82. The zero-order valence-corrected chi connectivity index (χ0v) is 16.0. The molecule has 1 aliphatic rings. The number of rotatable bonds is 5. The Kier molecular flexibility index (Phi) is 5.54. The van der Waals surface area contributed by atoms with Gasteiger partial charge in [0.2, 0.25) is 5.88 Å². The molecule has 1 amide bonds. The van der Waals surface area contributed by atoms with Crippen LogP contribution in [0.4, 0.5) is 22.0 Å². The molecular formula is C17H21N5O5S. The molecule has 1 fully saturated rings. The maximum Gasteiger partial charge on any atom is 0.407 e. The van der Waals surface area contributed by atoms with Crippen molar-refractivity contribution in [2.45, 2.75) is 23.8 Å². The van der Waals surface area contributed by atoms with Crippen molar-refractivity contribution in [1.29, 1.82) is 0 Å². The lowest BCUT2D eigenvalue weighted by molar-refractivity contribution is 0.0875. The zero-order chi connectivity index (χ0) is 20.3. The van der Waals surface area contributed by atoms with Gasteiger partial charge in [-0.1, -0.05) is 0 Å². The molecule has 0 spiro atoms. The molecule has 3 rings (SSSR count). The molecule has 10 nitrogen and oxygen atoms in total. The number of nitrogens with two attached hydrogens (primary N) is 1. The number of carboxylic acid groups (broad SMARTS) is 1. The minimum atomic E-state index is -3.27. The Bertz CT molecular complexity index is 956. The van der Waals surface area contributed by atoms with E-state index in [0.29, 0.717) is 37.4 Å². The number of likely N-dealkylation sites (tertiary alicyclic amines) is 1. The van der Waals surface area contributed by atoms with Crippen molar-refractivity contribution in [2.75, 3.05) is 30.4 Å². The molecule has 2 aromatic rings. The number of amides is 1. The van der Waals surface area contributed by atoms with Gasteiger partial charge in [0, 0.05) is 37.9 Å². The van der Waals surface area contributed by atoms with Crippen molar-refractivity contribution in [3.05, 3.63) is 30.6 Å². The molecule has 1 aromatic carbocycles. The highest BCUT2D eigenvalue weighted by Gasteiger charge is 2.24. The number of hydrogen-bond acceptors (Lipinski definition) is 8. The lowest BCUT2D eigenvalue weighted by Gasteiger charge is -2.30. The van der Waals surface area contributed by atoms with E-state index < -0.39 is 15.9 Å². The summed E-state index contributed by atoms with van der Waals surface area (Å²) >= 11 is 0. The zero-order valence-electron chi connectivity index (χ0n) is 15.2. The Morgan fingerprint density at radius 3 is 2.46 bits per heavy atom. The third-order valence-electron chi connectivity index (χ3n) is 4.38. The number of piperidine rings is 1. The van der Waals surface area contributed by atoms with Gasteiger partial charge in [0.1, 0.15) is 18.1 Å². The third-order valence-corrected chi connectivity index (χ3v) is 5.51. The molecule has 2 heterocycles. The molecule has 0 radical (unpaired) electrons. The molecular weight excluding hydrogens is 386 g/mol. The topological polar surface area (TPSA) is 148 Å². The van der Waals surface area contributed by atoms with Crippen LogP contribution in [0.1, 0.15) is 12.8 Å². The van der Waals surface area contributed by atoms with Crippen LogP contribution < -0.4 is 15.8 Å². The van der Waals surface area contributed by atoms with E-state index in [1.54, 1.807) is 12.1 Å². The molecule has 1 saturated heterocycles. The van der Waals surface area contributed by atoms with E-state index in [2.05, 4.69) is 15.3 Å². The van der Waals surface area contributed by atoms with Crippen molar-refractivity contribution in [2.24, 2.45) is 0 Å². The molecule has 0 unspecified atom stereocenters. The predicted molar refractivity (Wildman–Crippen MR) is 103 cm³/mol. The monoisotopic (exact) mass is 407 g/mol. The van der Waals surface area contributed by atoms with Crippen molar-refractivity contribution >= 4 is 33.1 Å². The van der Waals surface area contributed by atoms with Gasteiger partial charge >= 0.3 is 6.09 Å². The number of aromatic nitrogens is 2. The van der Waals surface area contributed by atoms with E-state index in [4.69, 9.17) is 15.6 Å². The molecule has 28 heavy (non-hydrogen) atoms. The number of nitrogens with one attached hydrogen (secondary N) is 1. The summed E-state index contributed by atoms with van der Waals surface area (Å²) in [6.45, 7) is 0.783. The van der Waals surface area contributed by atoms with Crippen molar-refractivity contribution in [1.82, 2.24) is 14.9 Å². The summed E-state index contributed by atoms with van der Waals surface area (Å²) in [6, 6.07) is 6.20. The Morgan fingerprint density at radius 1 is 1.25 bits per heavy atom. The number of anilines is 3. The van der Waals surface area contributed by atoms with Crippen LogP contribution in [0, 0.1) is 0 Å². The summed E-state index contributed by atoms with van der Waals surface area (Å²) in [5, 5.41) is 12.0. The van der Waals surface area contributed by atoms with Crippen LogP contribution in [0.3, 0.4) is 0 Å². The van der Waals surface area contributed by atoms with Gasteiger partial charge < -0.3 is 25.8 Å². The standard InChI is InChI=1S/C17H21N5O5S/c1-28(25,26)13-4-2-11(3-5-13)21-15-14(18)16(20-10-19-15)27-12-6-8-22(9-7-12)17(23)24/h2-5,10,12H,6-9,18H2,1H3,(H,23,24)(H,19,20,21). The first-order chi connectivity index (χ1) is 13.2. The summed E-state index contributed by atoms with van der Waals surface area (Å²) in [6.07, 6.45) is 2.42. The van der Waals surface area contributed by atoms with Crippen LogP contribution in [0.25, 0.3) is 0 Å². The van der Waals surface area contributed by atoms with Gasteiger partial charge in [0.05, 0.1) is 4.90 Å². The molecule has 1 aliphatic heterocycles. The summed E-state index contributed by atoms with van der Waals surface area (Å²) < 4.78 is 28.9. The van der Waals surface area contributed by atoms with Crippen molar-refractivity contribution in [3.8, 4) is 5.88 Å². The summed E-state index contributed by atoms with van der Waals surface area (Å²) in [5.41, 5.74) is 6.94. The van der Waals surface area contributed by atoms with Crippen LogP contribution in [0.2, 0.25) is 0 Å². The van der Waals surface area contributed by atoms with Crippen LogP contribution >= 0.6 is 0 Å². The minimum Gasteiger partial charge on any atom is -0.473 e. The van der Waals surface area contributed by atoms with Gasteiger partial charge in [0.25, 0.3) is 0 Å². The molecule has 11 heteroatoms. The number of hydrogen-bond donors (Lipinski definition) is 3. The van der Waals surface area contributed by atoms with Gasteiger partial charge in [0.15, 0.2) is 15.7 Å². The first-order valence-electron chi connectivity index (χ1n) is 8.56. The highest BCUT2D eigenvalue weighted by atomic mass is 32.2. The summed E-state index contributed by atoms with van der Waals surface area (Å²) in [7, 11) is -3.27. The lowest BCUT2D eigenvalue weighted by atomic mass is 10.1. The number of nitrogens with zero attached hydrogens (tertiary/aromatic N) is 3. The van der Waals surface area contributed by atoms with E-state index in [0.717, 1.165) is 6.26 Å². The first-order valence-corrected chi connectivity index (χ1v) is 10.5. The second-order valence-electron chi connectivity index (χ2n) is 6.45. The van der Waals surface area contributed by atoms with Crippen LogP contribution in [0.5, 0.6) is 5.88 Å². The largest absolute Gasteiger partial charge is 0.473 e. The fourth-order valence-corrected chi connectivity index (χ4v) is 3.45. The van der Waals surface area contributed by atoms with Crippen LogP contribution in [-0.4, -0.2) is 59.9 Å². The Hall–Kier alpha value is -3.08. The molecule has 1 aromatic heterocycles. The average Bonchev–Trinajstić information content (AvgIpc) is 2.65. The van der Waals surface area contributed by atoms with E-state index in [1.165, 1.54) is 23.4 Å². The summed E-state index contributed by atoms with van der Waals surface area (Å²) in [4.78, 5) is 20.7. The second kappa shape index (κ2) is 7.89. The molecule has 0 saturated carbocycles. The van der Waals surface area contributed by atoms with Crippen molar-refractivity contribution < 1.29 is 23.1 Å². The van der Waals surface area contributed by atoms with Crippen LogP contribution in [-0.2, 0) is 9.84 Å². The van der Waals surface area contributed by atoms with Crippen molar-refractivity contribution in [3.63, 3.8) is 0 Å². The molecule has 0 atom stereocenters. The fraction of sp³-hybridized carbons (Fsp3) is 0.353. The maximum absolute atomic E-state index is 11.5. The van der Waals surface area contributed by atoms with E-state index in [-0.39, 0.29) is 22.6 Å². The van der Waals surface area contributed by atoms with Gasteiger partial charge in [-0.05, 0) is 24.3 Å². The Labute approximate surface area is 162 Å². The molecule has 150 valence electrons. The number of ether oxygens (including phenoxy) is 1. The lowest BCUT2D eigenvalue weighted by Crippen LogP contribution is -2.41. The van der Waals surface area contributed by atoms with E-state index in [1.807, 2.05) is 0 Å². The second-order valence-corrected chi connectivity index (χ2v) is 8.47. The van der Waals surface area contributed by atoms with E-state index >= 15 is 0 Å². The number of nitrogen functional groups attached to an aromatic ring is 1. The van der Waals surface area contributed by atoms with Gasteiger partial charge in [-0.25, -0.2) is 18.2 Å². The number of carbonyl (C=O) groups is 1.